The third-order valence-corrected chi connectivity index (χ3v) is 6.68. The highest BCUT2D eigenvalue weighted by molar-refractivity contribution is 7.07. The second-order valence-corrected chi connectivity index (χ2v) is 9.23. The third-order valence-electron chi connectivity index (χ3n) is 6.04. The van der Waals surface area contributed by atoms with Gasteiger partial charge in [0.25, 0.3) is 5.91 Å². The summed E-state index contributed by atoms with van der Waals surface area (Å²) < 4.78 is 5.86. The van der Waals surface area contributed by atoms with Gasteiger partial charge in [-0.3, -0.25) is 14.5 Å². The predicted molar refractivity (Wildman–Crippen MR) is 138 cm³/mol. The molecule has 1 unspecified atom stereocenters. The molecule has 1 aliphatic heterocycles. The lowest BCUT2D eigenvalue weighted by atomic mass is 9.94. The fraction of sp³-hybridized carbons (Fsp3) is 0.179. The molecule has 6 nitrogen and oxygen atoms in total. The fourth-order valence-corrected chi connectivity index (χ4v) is 4.78. The molecule has 2 heterocycles. The molecule has 1 aromatic heterocycles. The largest absolute Gasteiger partial charge is 0.487 e. The summed E-state index contributed by atoms with van der Waals surface area (Å²) in [4.78, 5) is 33.1. The smallest absolute Gasteiger partial charge is 0.259 e. The fourth-order valence-electron chi connectivity index (χ4n) is 4.23. The van der Waals surface area contributed by atoms with Crippen LogP contribution in [0.4, 0.5) is 11.4 Å². The minimum Gasteiger partial charge on any atom is -0.487 e. The molecule has 5 rings (SSSR count). The lowest BCUT2D eigenvalue weighted by Gasteiger charge is -2.36. The van der Waals surface area contributed by atoms with E-state index in [4.69, 9.17) is 4.74 Å². The first kappa shape index (κ1) is 22.8. The van der Waals surface area contributed by atoms with E-state index in [2.05, 4.69) is 10.3 Å². The molecule has 0 saturated heterocycles. The third kappa shape index (κ3) is 5.10. The van der Waals surface area contributed by atoms with Crippen LogP contribution in [0.25, 0.3) is 0 Å². The van der Waals surface area contributed by atoms with Gasteiger partial charge >= 0.3 is 0 Å². The number of para-hydroxylation sites is 1. The molecule has 35 heavy (non-hydrogen) atoms. The van der Waals surface area contributed by atoms with Crippen LogP contribution in [-0.2, 0) is 17.8 Å². The number of nitrogens with one attached hydrogen (secondary N) is 1. The van der Waals surface area contributed by atoms with Crippen LogP contribution in [-0.4, -0.2) is 22.8 Å². The zero-order valence-corrected chi connectivity index (χ0v) is 20.1. The maximum atomic E-state index is 13.8. The number of benzene rings is 3. The van der Waals surface area contributed by atoms with Crippen LogP contribution in [0, 0.1) is 6.92 Å². The zero-order valence-electron chi connectivity index (χ0n) is 19.3. The van der Waals surface area contributed by atoms with E-state index in [1.807, 2.05) is 66.9 Å². The van der Waals surface area contributed by atoms with Crippen molar-refractivity contribution in [2.45, 2.75) is 32.4 Å². The summed E-state index contributed by atoms with van der Waals surface area (Å²) in [5.74, 6) is 0.141. The molecule has 1 aliphatic rings. The standard InChI is InChI=1S/C28H25N3O3S/c1-19-9-12-22(13-10-19)30-27(32)26-14-11-20-5-2-3-8-25(20)31(26)28(33)21-6-4-7-24(15-21)34-16-23-17-35-18-29-23/h2-10,12-13,15,17-18,26H,11,14,16H2,1H3,(H,30,32). The van der Waals surface area contributed by atoms with Gasteiger partial charge in [0.15, 0.2) is 0 Å². The number of aryl methyl sites for hydroxylation is 2. The van der Waals surface area contributed by atoms with Crippen molar-refractivity contribution in [2.75, 3.05) is 10.2 Å². The second kappa shape index (κ2) is 10.1. The first-order valence-corrected chi connectivity index (χ1v) is 12.4. The van der Waals surface area contributed by atoms with E-state index in [1.54, 1.807) is 28.6 Å². The molecule has 7 heteroatoms. The Morgan fingerprint density at radius 2 is 1.91 bits per heavy atom. The summed E-state index contributed by atoms with van der Waals surface area (Å²) in [7, 11) is 0. The number of carbonyl (C=O) groups is 2. The van der Waals surface area contributed by atoms with Gasteiger partial charge in [0.2, 0.25) is 5.91 Å². The van der Waals surface area contributed by atoms with Crippen LogP contribution < -0.4 is 15.0 Å². The van der Waals surface area contributed by atoms with E-state index in [0.717, 1.165) is 28.9 Å². The predicted octanol–water partition coefficient (Wildman–Crippen LogP) is 5.63. The van der Waals surface area contributed by atoms with Crippen LogP contribution in [0.15, 0.2) is 83.7 Å². The lowest BCUT2D eigenvalue weighted by molar-refractivity contribution is -0.117. The normalized spacial score (nSPS) is 14.8. The van der Waals surface area contributed by atoms with E-state index in [-0.39, 0.29) is 11.8 Å². The minimum absolute atomic E-state index is 0.201. The van der Waals surface area contributed by atoms with Crippen LogP contribution in [0.1, 0.15) is 33.6 Å². The Kier molecular flexibility index (Phi) is 6.59. The highest BCUT2D eigenvalue weighted by Crippen LogP contribution is 2.33. The number of carbonyl (C=O) groups excluding carboxylic acids is 2. The van der Waals surface area contributed by atoms with Crippen LogP contribution >= 0.6 is 11.3 Å². The van der Waals surface area contributed by atoms with Gasteiger partial charge in [0.1, 0.15) is 18.4 Å². The SMILES string of the molecule is Cc1ccc(NC(=O)C2CCc3ccccc3N2C(=O)c2cccc(OCc3cscn3)c2)cc1. The van der Waals surface area contributed by atoms with Crippen LogP contribution in [0.2, 0.25) is 0 Å². The zero-order chi connectivity index (χ0) is 24.2. The molecule has 0 aliphatic carbocycles. The Labute approximate surface area is 208 Å². The first-order chi connectivity index (χ1) is 17.1. The minimum atomic E-state index is -0.627. The van der Waals surface area contributed by atoms with Crippen molar-refractivity contribution in [1.29, 1.82) is 0 Å². The quantitative estimate of drug-likeness (QED) is 0.386. The topological polar surface area (TPSA) is 71.5 Å². The highest BCUT2D eigenvalue weighted by Gasteiger charge is 2.36. The van der Waals surface area contributed by atoms with Crippen LogP contribution in [0.5, 0.6) is 5.75 Å². The maximum absolute atomic E-state index is 13.8. The maximum Gasteiger partial charge on any atom is 0.259 e. The molecule has 2 amide bonds. The van der Waals surface area contributed by atoms with Gasteiger partial charge in [-0.1, -0.05) is 42.0 Å². The van der Waals surface area contributed by atoms with Gasteiger partial charge < -0.3 is 10.1 Å². The number of ether oxygens (including phenoxy) is 1. The summed E-state index contributed by atoms with van der Waals surface area (Å²) in [5, 5.41) is 4.92. The van der Waals surface area contributed by atoms with Gasteiger partial charge in [-0.25, -0.2) is 4.98 Å². The second-order valence-electron chi connectivity index (χ2n) is 8.51. The van der Waals surface area contributed by atoms with Crippen molar-refractivity contribution in [3.8, 4) is 5.75 Å². The number of aromatic nitrogens is 1. The van der Waals surface area contributed by atoms with Crippen molar-refractivity contribution < 1.29 is 14.3 Å². The molecule has 4 aromatic rings. The molecule has 0 fully saturated rings. The summed E-state index contributed by atoms with van der Waals surface area (Å²) in [6.45, 7) is 2.33. The number of thiazole rings is 1. The summed E-state index contributed by atoms with van der Waals surface area (Å²) in [6.07, 6.45) is 1.27. The van der Waals surface area contributed by atoms with Gasteiger partial charge in [-0.15, -0.1) is 11.3 Å². The van der Waals surface area contributed by atoms with E-state index >= 15 is 0 Å². The number of hydrogen-bond acceptors (Lipinski definition) is 5. The van der Waals surface area contributed by atoms with E-state index < -0.39 is 6.04 Å². The van der Waals surface area contributed by atoms with E-state index in [9.17, 15) is 9.59 Å². The van der Waals surface area contributed by atoms with Crippen molar-refractivity contribution in [3.05, 3.63) is 106 Å². The number of amides is 2. The van der Waals surface area contributed by atoms with E-state index in [0.29, 0.717) is 30.0 Å². The monoisotopic (exact) mass is 483 g/mol. The van der Waals surface area contributed by atoms with Crippen molar-refractivity contribution in [3.63, 3.8) is 0 Å². The van der Waals surface area contributed by atoms with Crippen molar-refractivity contribution in [1.82, 2.24) is 4.98 Å². The van der Waals surface area contributed by atoms with Crippen molar-refractivity contribution in [2.24, 2.45) is 0 Å². The number of rotatable bonds is 6. The molecule has 176 valence electrons. The Morgan fingerprint density at radius 1 is 1.09 bits per heavy atom. The Bertz CT molecular complexity index is 1340. The number of anilines is 2. The molecule has 0 bridgehead atoms. The Balaban J connectivity index is 1.42. The number of nitrogens with zero attached hydrogens (tertiary/aromatic N) is 2. The van der Waals surface area contributed by atoms with Gasteiger partial charge in [-0.2, -0.15) is 0 Å². The lowest BCUT2D eigenvalue weighted by Crippen LogP contribution is -2.50. The average Bonchev–Trinajstić information content (AvgIpc) is 3.42. The van der Waals surface area contributed by atoms with Crippen molar-refractivity contribution >= 4 is 34.5 Å². The summed E-state index contributed by atoms with van der Waals surface area (Å²) in [6, 6.07) is 21.9. The molecule has 1 atom stereocenters. The summed E-state index contributed by atoms with van der Waals surface area (Å²) in [5.41, 5.74) is 6.70. The molecular weight excluding hydrogens is 458 g/mol. The van der Waals surface area contributed by atoms with Gasteiger partial charge in [0, 0.05) is 22.3 Å². The molecular formula is C28H25N3O3S. The molecule has 0 radical (unpaired) electrons. The Hall–Kier alpha value is -3.97. The number of hydrogen-bond donors (Lipinski definition) is 1. The molecule has 0 spiro atoms. The first-order valence-electron chi connectivity index (χ1n) is 11.5. The number of fused-ring (bicyclic) bond motifs is 1. The molecule has 1 N–H and O–H groups in total. The molecule has 0 saturated carbocycles. The highest BCUT2D eigenvalue weighted by atomic mass is 32.1. The summed E-state index contributed by atoms with van der Waals surface area (Å²) >= 11 is 1.51. The molecule has 3 aromatic carbocycles. The van der Waals surface area contributed by atoms with Gasteiger partial charge in [0.05, 0.1) is 11.2 Å². The van der Waals surface area contributed by atoms with E-state index in [1.165, 1.54) is 11.3 Å². The average molecular weight is 484 g/mol. The van der Waals surface area contributed by atoms with Crippen LogP contribution in [0.3, 0.4) is 0 Å². The Morgan fingerprint density at radius 3 is 2.71 bits per heavy atom. The van der Waals surface area contributed by atoms with Gasteiger partial charge in [-0.05, 0) is 61.7 Å².